The van der Waals surface area contributed by atoms with Crippen molar-refractivity contribution in [1.29, 1.82) is 0 Å². The second-order valence-electron chi connectivity index (χ2n) is 16.9. The van der Waals surface area contributed by atoms with Gasteiger partial charge in [0.1, 0.15) is 0 Å². The standard InChI is InChI=1S/C21H23.C20H21.2C2H5.2ClH.H2Si.Zr/c1-5-15-13-17-7-6-8-19(20(17)14-15)16-9-11-18(12-10-16)21(2,3)4;1-14-12-16-6-5-7-18(19(16)13-14)15-8-10-17(11-9-15)20(2,3)4;2*1-2;;;;/h6-14H,5H2,1-4H3;5-13H,1-4H3;2*1H2,2H3;2*1H;1H2;. The maximum absolute atomic E-state index is 3.73. The van der Waals surface area contributed by atoms with Crippen molar-refractivity contribution in [1.82, 2.24) is 0 Å². The maximum Gasteiger partial charge on any atom is -0.147 e. The van der Waals surface area contributed by atoms with Crippen LogP contribution >= 0.6 is 24.8 Å². The van der Waals surface area contributed by atoms with Crippen LogP contribution in [0, 0.1) is 0 Å². The van der Waals surface area contributed by atoms with Crippen LogP contribution in [0.2, 0.25) is 8.26 Å². The van der Waals surface area contributed by atoms with E-state index in [1.54, 1.807) is 22.3 Å². The Morgan fingerprint density at radius 2 is 0.980 bits per heavy atom. The van der Waals surface area contributed by atoms with E-state index in [0.717, 1.165) is 6.42 Å². The maximum atomic E-state index is 2.63. The minimum Gasteiger partial charge on any atom is -0.147 e. The molecule has 6 rings (SSSR count). The van der Waals surface area contributed by atoms with E-state index < -0.39 is 17.4 Å². The van der Waals surface area contributed by atoms with Gasteiger partial charge in [-0.25, -0.2) is 0 Å². The molecule has 0 aromatic heterocycles. The van der Waals surface area contributed by atoms with E-state index in [1.807, 2.05) is 0 Å². The molecule has 49 heavy (non-hydrogen) atoms. The number of benzene rings is 4. The summed E-state index contributed by atoms with van der Waals surface area (Å²) >= 11 is -3.73. The molecule has 0 radical (unpaired) electrons. The molecule has 260 valence electrons. The van der Waals surface area contributed by atoms with Crippen molar-refractivity contribution in [2.75, 3.05) is 0 Å². The van der Waals surface area contributed by atoms with E-state index in [1.165, 1.54) is 52.8 Å². The van der Waals surface area contributed by atoms with Gasteiger partial charge >= 0.3 is 290 Å². The third kappa shape index (κ3) is 6.63. The van der Waals surface area contributed by atoms with Crippen LogP contribution in [0.3, 0.4) is 0 Å². The Balaban J connectivity index is 0.00000270. The summed E-state index contributed by atoms with van der Waals surface area (Å²) in [5.74, 6) is 0. The number of hydrogen-bond acceptors (Lipinski definition) is 0. The fourth-order valence-electron chi connectivity index (χ4n) is 9.31. The van der Waals surface area contributed by atoms with Crippen molar-refractivity contribution < 1.29 is 17.4 Å². The van der Waals surface area contributed by atoms with Crippen LogP contribution in [-0.4, -0.2) is 6.88 Å². The van der Waals surface area contributed by atoms with E-state index in [0.29, 0.717) is 7.25 Å². The van der Waals surface area contributed by atoms with Gasteiger partial charge in [-0.15, -0.1) is 24.8 Å². The largest absolute Gasteiger partial charge is 0.147 e. The fraction of sp³-hybridized carbons (Fsp3) is 0.378. The fourth-order valence-corrected chi connectivity index (χ4v) is 33.2. The average molecular weight is 789 g/mol. The van der Waals surface area contributed by atoms with Crippen molar-refractivity contribution in [3.8, 4) is 22.3 Å². The summed E-state index contributed by atoms with van der Waals surface area (Å²) in [6.07, 6.45) is 6.33. The first kappa shape index (κ1) is 39.8. The van der Waals surface area contributed by atoms with E-state index in [9.17, 15) is 0 Å². The Kier molecular flexibility index (Phi) is 11.6. The molecule has 0 saturated heterocycles. The van der Waals surface area contributed by atoms with Gasteiger partial charge < -0.3 is 0 Å². The number of allylic oxidation sites excluding steroid dienone is 2. The number of hydrogen-bond donors (Lipinski definition) is 0. The Bertz CT molecular complexity index is 1960. The normalized spacial score (nSPS) is 17.4. The van der Waals surface area contributed by atoms with Gasteiger partial charge in [0.2, 0.25) is 0 Å². The predicted octanol–water partition coefficient (Wildman–Crippen LogP) is 13.6. The molecule has 0 saturated carbocycles. The molecule has 0 aliphatic heterocycles. The first-order chi connectivity index (χ1) is 22.1. The van der Waals surface area contributed by atoms with Crippen LogP contribution in [0.4, 0.5) is 0 Å². The summed E-state index contributed by atoms with van der Waals surface area (Å²) in [5.41, 5.74) is 18.0. The topological polar surface area (TPSA) is 0 Å². The van der Waals surface area contributed by atoms with Crippen LogP contribution < -0.4 is 0 Å². The summed E-state index contributed by atoms with van der Waals surface area (Å²) in [4.78, 5) is 0. The molecule has 0 spiro atoms. The smallest absolute Gasteiger partial charge is 0.147 e. The van der Waals surface area contributed by atoms with Gasteiger partial charge in [0, 0.05) is 0 Å². The van der Waals surface area contributed by atoms with E-state index >= 15 is 0 Å². The third-order valence-electron chi connectivity index (χ3n) is 12.3. The predicted molar refractivity (Wildman–Crippen MR) is 223 cm³/mol. The first-order valence-electron chi connectivity index (χ1n) is 18.1. The molecule has 4 aromatic rings. The van der Waals surface area contributed by atoms with Gasteiger partial charge in [-0.1, -0.05) is 0 Å². The van der Waals surface area contributed by atoms with Gasteiger partial charge in [-0.3, -0.25) is 0 Å². The molecule has 0 heterocycles. The monoisotopic (exact) mass is 786 g/mol. The van der Waals surface area contributed by atoms with E-state index in [2.05, 4.69) is 173 Å². The van der Waals surface area contributed by atoms with Crippen molar-refractivity contribution >= 4 is 43.8 Å². The Morgan fingerprint density at radius 1 is 0.571 bits per heavy atom. The molecule has 0 bridgehead atoms. The zero-order valence-electron chi connectivity index (χ0n) is 31.5. The van der Waals surface area contributed by atoms with Gasteiger partial charge in [0.25, 0.3) is 0 Å². The van der Waals surface area contributed by atoms with Gasteiger partial charge in [0.15, 0.2) is 0 Å². The molecular formula is C45H58Cl2SiZr. The van der Waals surface area contributed by atoms with Crippen LogP contribution in [-0.2, 0) is 28.2 Å². The molecule has 0 nitrogen and oxygen atoms in total. The number of fused-ring (bicyclic) bond motifs is 2. The van der Waals surface area contributed by atoms with Gasteiger partial charge in [0.05, 0.1) is 0 Å². The van der Waals surface area contributed by atoms with E-state index in [-0.39, 0.29) is 35.6 Å². The van der Waals surface area contributed by atoms with Crippen molar-refractivity contribution in [3.05, 3.63) is 129 Å². The summed E-state index contributed by atoms with van der Waals surface area (Å²) in [7, 11) is 0. The molecule has 2 unspecified atom stereocenters. The molecule has 4 aromatic carbocycles. The molecule has 0 N–H and O–H groups in total. The van der Waals surface area contributed by atoms with Crippen molar-refractivity contribution in [2.24, 2.45) is 0 Å². The summed E-state index contributed by atoms with van der Waals surface area (Å²) in [6, 6.07) is 33.2. The van der Waals surface area contributed by atoms with Crippen LogP contribution in [0.25, 0.3) is 34.4 Å². The molecule has 2 aliphatic rings. The van der Waals surface area contributed by atoms with Crippen LogP contribution in [0.15, 0.2) is 96.1 Å². The van der Waals surface area contributed by atoms with Crippen LogP contribution in [0.5, 0.6) is 0 Å². The Hall–Kier alpha value is -1.96. The Labute approximate surface area is 312 Å². The van der Waals surface area contributed by atoms with E-state index in [4.69, 9.17) is 0 Å². The van der Waals surface area contributed by atoms with Crippen molar-refractivity contribution in [2.45, 2.75) is 102 Å². The zero-order chi connectivity index (χ0) is 34.0. The molecule has 4 heteroatoms. The quantitative estimate of drug-likeness (QED) is 0.164. The van der Waals surface area contributed by atoms with Gasteiger partial charge in [-0.2, -0.15) is 0 Å². The third-order valence-corrected chi connectivity index (χ3v) is 43.2. The van der Waals surface area contributed by atoms with Crippen LogP contribution in [0.1, 0.15) is 116 Å². The summed E-state index contributed by atoms with van der Waals surface area (Å²) in [5, 5.41) is 0. The Morgan fingerprint density at radius 3 is 1.37 bits per heavy atom. The first-order valence-corrected chi connectivity index (χ1v) is 30.3. The molecular weight excluding hydrogens is 731 g/mol. The second kappa shape index (κ2) is 14.2. The summed E-state index contributed by atoms with van der Waals surface area (Å²) < 4.78 is 3.76. The summed E-state index contributed by atoms with van der Waals surface area (Å²) in [6.45, 7) is 26.3. The average Bonchev–Trinajstić information content (AvgIpc) is 3.62. The zero-order valence-corrected chi connectivity index (χ0v) is 37.0. The van der Waals surface area contributed by atoms with Gasteiger partial charge in [-0.05, 0) is 0 Å². The number of rotatable bonds is 7. The minimum atomic E-state index is -3.73. The number of halogens is 2. The minimum absolute atomic E-state index is 0. The molecule has 2 aliphatic carbocycles. The SMILES string of the molecule is CCC1=Cc2c(-c3ccc(C(C)(C)C)cc3)cccc2[CH]1[Zr](=[SiH2])([CH2]C)([CH2]C)[CH]1C(C)=Cc2c(-c3ccc(C(C)(C)C)cc3)cccc21.Cl.Cl. The molecule has 0 amide bonds. The molecule has 2 atom stereocenters. The van der Waals surface area contributed by atoms with Crippen molar-refractivity contribution in [3.63, 3.8) is 0 Å². The second-order valence-corrected chi connectivity index (χ2v) is 44.5. The molecule has 0 fully saturated rings.